The predicted molar refractivity (Wildman–Crippen MR) is 136 cm³/mol. The highest BCUT2D eigenvalue weighted by Crippen LogP contribution is 2.32. The fourth-order valence-corrected chi connectivity index (χ4v) is 4.86. The Labute approximate surface area is 205 Å². The van der Waals surface area contributed by atoms with Gasteiger partial charge in [0.2, 0.25) is 11.8 Å². The fourth-order valence-electron chi connectivity index (χ4n) is 4.86. The van der Waals surface area contributed by atoms with Gasteiger partial charge in [0.15, 0.2) is 5.65 Å². The maximum absolute atomic E-state index is 13.1. The topological polar surface area (TPSA) is 76.4 Å². The Morgan fingerprint density at radius 1 is 1.00 bits per heavy atom. The number of hydrogen-bond acceptors (Lipinski definition) is 6. The molecule has 0 bridgehead atoms. The Hall–Kier alpha value is -3.94. The fraction of sp³-hybridized carbons (Fsp3) is 0.333. The molecule has 0 radical (unpaired) electrons. The first-order valence-electron chi connectivity index (χ1n) is 12.0. The van der Waals surface area contributed by atoms with E-state index in [4.69, 9.17) is 14.8 Å². The van der Waals surface area contributed by atoms with Gasteiger partial charge in [0.25, 0.3) is 0 Å². The molecule has 0 saturated carbocycles. The number of carbonyl (C=O) groups is 1. The molecule has 1 aliphatic heterocycles. The predicted octanol–water partition coefficient (Wildman–Crippen LogP) is 3.72. The monoisotopic (exact) mass is 470 g/mol. The van der Waals surface area contributed by atoms with E-state index in [-0.39, 0.29) is 5.91 Å². The zero-order valence-corrected chi connectivity index (χ0v) is 20.4. The molecular weight excluding hydrogens is 440 g/mol. The number of methoxy groups -OCH3 is 1. The number of amides is 1. The van der Waals surface area contributed by atoms with E-state index in [0.717, 1.165) is 52.4 Å². The Bertz CT molecular complexity index is 1330. The third-order valence-corrected chi connectivity index (χ3v) is 6.72. The van der Waals surface area contributed by atoms with Crippen molar-refractivity contribution < 1.29 is 9.53 Å². The Balaban J connectivity index is 1.33. The van der Waals surface area contributed by atoms with Gasteiger partial charge in [-0.15, -0.1) is 0 Å². The lowest BCUT2D eigenvalue weighted by atomic mass is 10.0. The summed E-state index contributed by atoms with van der Waals surface area (Å²) in [5.41, 5.74) is 4.67. The number of benzene rings is 1. The minimum Gasteiger partial charge on any atom is -0.481 e. The number of aryl methyl sites for hydroxylation is 2. The number of para-hydroxylation sites is 1. The van der Waals surface area contributed by atoms with E-state index in [9.17, 15) is 4.79 Å². The first kappa shape index (κ1) is 22.8. The van der Waals surface area contributed by atoms with Crippen molar-refractivity contribution in [3.8, 4) is 11.6 Å². The van der Waals surface area contributed by atoms with Crippen LogP contribution in [-0.4, -0.2) is 63.8 Å². The number of piperazine rings is 1. The van der Waals surface area contributed by atoms with Crippen molar-refractivity contribution in [3.63, 3.8) is 0 Å². The average molecular weight is 471 g/mol. The van der Waals surface area contributed by atoms with Crippen LogP contribution in [0.15, 0.2) is 54.7 Å². The molecule has 3 aromatic heterocycles. The maximum atomic E-state index is 13.1. The Morgan fingerprint density at radius 3 is 2.43 bits per heavy atom. The smallest absolute Gasteiger partial charge is 0.223 e. The van der Waals surface area contributed by atoms with Crippen LogP contribution in [0, 0.1) is 13.8 Å². The average Bonchev–Trinajstić information content (AvgIpc) is 3.25. The summed E-state index contributed by atoms with van der Waals surface area (Å²) in [6.45, 7) is 7.05. The third-order valence-electron chi connectivity index (χ3n) is 6.72. The van der Waals surface area contributed by atoms with E-state index in [1.165, 1.54) is 0 Å². The van der Waals surface area contributed by atoms with Crippen LogP contribution in [-0.2, 0) is 11.2 Å². The van der Waals surface area contributed by atoms with E-state index in [0.29, 0.717) is 31.8 Å². The molecule has 1 aromatic carbocycles. The van der Waals surface area contributed by atoms with Gasteiger partial charge in [-0.05, 0) is 50.1 Å². The zero-order chi connectivity index (χ0) is 24.4. The minimum absolute atomic E-state index is 0.156. The maximum Gasteiger partial charge on any atom is 0.223 e. The van der Waals surface area contributed by atoms with Crippen molar-refractivity contribution in [1.29, 1.82) is 0 Å². The second kappa shape index (κ2) is 9.74. The summed E-state index contributed by atoms with van der Waals surface area (Å²) in [6, 6.07) is 15.9. The normalized spacial score (nSPS) is 13.9. The molecule has 8 nitrogen and oxygen atoms in total. The molecule has 0 aliphatic carbocycles. The van der Waals surface area contributed by atoms with E-state index in [1.807, 2.05) is 65.0 Å². The van der Waals surface area contributed by atoms with Gasteiger partial charge >= 0.3 is 0 Å². The van der Waals surface area contributed by atoms with E-state index >= 15 is 0 Å². The molecule has 0 atom stereocenters. The molecule has 180 valence electrons. The Kier molecular flexibility index (Phi) is 6.35. The van der Waals surface area contributed by atoms with Crippen molar-refractivity contribution in [2.24, 2.45) is 0 Å². The minimum atomic E-state index is 0.156. The van der Waals surface area contributed by atoms with Gasteiger partial charge in [-0.2, -0.15) is 10.1 Å². The highest BCUT2D eigenvalue weighted by molar-refractivity contribution is 5.86. The molecule has 1 fully saturated rings. The number of pyridine rings is 2. The standard InChI is InChI=1S/C27H30N6O2/c1-19-22(12-13-24(34)32-17-15-31(16-18-32)23-11-7-8-14-28-23)27(35-3)29-26-25(19)20(2)30-33(26)21-9-5-4-6-10-21/h4-11,14H,12-13,15-18H2,1-3H3. The molecule has 8 heteroatoms. The summed E-state index contributed by atoms with van der Waals surface area (Å²) in [7, 11) is 1.63. The molecule has 1 aliphatic rings. The molecule has 4 aromatic rings. The number of nitrogens with zero attached hydrogens (tertiary/aromatic N) is 6. The first-order valence-corrected chi connectivity index (χ1v) is 12.0. The van der Waals surface area contributed by atoms with Crippen molar-refractivity contribution in [3.05, 3.63) is 71.5 Å². The van der Waals surface area contributed by atoms with E-state index < -0.39 is 0 Å². The van der Waals surface area contributed by atoms with Crippen molar-refractivity contribution in [2.45, 2.75) is 26.7 Å². The number of anilines is 1. The van der Waals surface area contributed by atoms with Crippen molar-refractivity contribution >= 4 is 22.8 Å². The summed E-state index contributed by atoms with van der Waals surface area (Å²) >= 11 is 0. The zero-order valence-electron chi connectivity index (χ0n) is 20.4. The van der Waals surface area contributed by atoms with E-state index in [2.05, 4.69) is 16.8 Å². The quantitative estimate of drug-likeness (QED) is 0.428. The number of carbonyl (C=O) groups excluding carboxylic acids is 1. The van der Waals surface area contributed by atoms with Gasteiger partial charge in [-0.1, -0.05) is 24.3 Å². The summed E-state index contributed by atoms with van der Waals surface area (Å²) in [5, 5.41) is 5.77. The van der Waals surface area contributed by atoms with Gasteiger partial charge in [0.05, 0.1) is 18.5 Å². The van der Waals surface area contributed by atoms with Gasteiger partial charge in [-0.3, -0.25) is 4.79 Å². The number of aromatic nitrogens is 4. The SMILES string of the molecule is COc1nc2c(c(C)nn2-c2ccccc2)c(C)c1CCC(=O)N1CCN(c2ccccn2)CC1. The molecule has 4 heterocycles. The Morgan fingerprint density at radius 2 is 1.74 bits per heavy atom. The summed E-state index contributed by atoms with van der Waals surface area (Å²) in [6.07, 6.45) is 2.80. The van der Waals surface area contributed by atoms with E-state index in [1.54, 1.807) is 13.3 Å². The van der Waals surface area contributed by atoms with Gasteiger partial charge < -0.3 is 14.5 Å². The third kappa shape index (κ3) is 4.43. The van der Waals surface area contributed by atoms with Crippen LogP contribution in [0.4, 0.5) is 5.82 Å². The van der Waals surface area contributed by atoms with Gasteiger partial charge in [0.1, 0.15) is 5.82 Å². The molecule has 0 unspecified atom stereocenters. The summed E-state index contributed by atoms with van der Waals surface area (Å²) in [5.74, 6) is 1.68. The molecule has 0 spiro atoms. The summed E-state index contributed by atoms with van der Waals surface area (Å²) in [4.78, 5) is 26.5. The van der Waals surface area contributed by atoms with Crippen LogP contribution in [0.25, 0.3) is 16.7 Å². The second-order valence-electron chi connectivity index (χ2n) is 8.81. The van der Waals surface area contributed by atoms with Crippen LogP contribution in [0.2, 0.25) is 0 Å². The highest BCUT2D eigenvalue weighted by atomic mass is 16.5. The first-order chi connectivity index (χ1) is 17.1. The number of ether oxygens (including phenoxy) is 1. The lowest BCUT2D eigenvalue weighted by Crippen LogP contribution is -2.49. The molecule has 1 amide bonds. The highest BCUT2D eigenvalue weighted by Gasteiger charge is 2.24. The van der Waals surface area contributed by atoms with Crippen LogP contribution in [0.5, 0.6) is 5.88 Å². The summed E-state index contributed by atoms with van der Waals surface area (Å²) < 4.78 is 7.54. The molecule has 0 N–H and O–H groups in total. The largest absolute Gasteiger partial charge is 0.481 e. The van der Waals surface area contributed by atoms with Crippen LogP contribution >= 0.6 is 0 Å². The molecule has 5 rings (SSSR count). The van der Waals surface area contributed by atoms with Crippen molar-refractivity contribution in [2.75, 3.05) is 38.2 Å². The lowest BCUT2D eigenvalue weighted by molar-refractivity contribution is -0.131. The van der Waals surface area contributed by atoms with Crippen molar-refractivity contribution in [1.82, 2.24) is 24.6 Å². The van der Waals surface area contributed by atoms with Crippen LogP contribution in [0.1, 0.15) is 23.2 Å². The number of fused-ring (bicyclic) bond motifs is 1. The molecule has 35 heavy (non-hydrogen) atoms. The van der Waals surface area contributed by atoms with Gasteiger partial charge in [-0.25, -0.2) is 9.67 Å². The van der Waals surface area contributed by atoms with Crippen LogP contribution in [0.3, 0.4) is 0 Å². The van der Waals surface area contributed by atoms with Gasteiger partial charge in [0, 0.05) is 49.7 Å². The molecule has 1 saturated heterocycles. The second-order valence-corrected chi connectivity index (χ2v) is 8.81. The molecular formula is C27H30N6O2. The number of hydrogen-bond donors (Lipinski definition) is 0. The lowest BCUT2D eigenvalue weighted by Gasteiger charge is -2.35. The van der Waals surface area contributed by atoms with Crippen LogP contribution < -0.4 is 9.64 Å². The number of rotatable bonds is 6.